The van der Waals surface area contributed by atoms with Crippen molar-refractivity contribution in [2.75, 3.05) is 6.61 Å². The van der Waals surface area contributed by atoms with Crippen LogP contribution in [0.15, 0.2) is 18.2 Å². The molecule has 1 nitrogen and oxygen atoms in total. The summed E-state index contributed by atoms with van der Waals surface area (Å²) < 4.78 is 30.8. The quantitative estimate of drug-likeness (QED) is 0.728. The second-order valence-corrected chi connectivity index (χ2v) is 3.78. The van der Waals surface area contributed by atoms with Gasteiger partial charge in [0.1, 0.15) is 0 Å². The first-order chi connectivity index (χ1) is 7.13. The van der Waals surface area contributed by atoms with Crippen molar-refractivity contribution in [3.05, 3.63) is 35.4 Å². The van der Waals surface area contributed by atoms with Crippen LogP contribution < -0.4 is 0 Å². The Bertz CT molecular complexity index is 312. The molecular weight excluding hydrogens is 198 g/mol. The number of halogens is 2. The van der Waals surface area contributed by atoms with E-state index in [9.17, 15) is 8.78 Å². The van der Waals surface area contributed by atoms with Crippen molar-refractivity contribution in [1.82, 2.24) is 0 Å². The van der Waals surface area contributed by atoms with Gasteiger partial charge in [-0.25, -0.2) is 8.78 Å². The van der Waals surface area contributed by atoms with E-state index >= 15 is 0 Å². The highest BCUT2D eigenvalue weighted by Gasteiger charge is 2.03. The molecule has 0 fully saturated rings. The maximum Gasteiger partial charge on any atom is 0.159 e. The SMILES string of the molecule is CCC(C)COCc1ccc(F)c(F)c1. The molecule has 0 bridgehead atoms. The Hall–Kier alpha value is -0.960. The Balaban J connectivity index is 2.41. The molecule has 1 atom stereocenters. The number of hydrogen-bond acceptors (Lipinski definition) is 1. The summed E-state index contributed by atoms with van der Waals surface area (Å²) in [6, 6.07) is 3.83. The summed E-state index contributed by atoms with van der Waals surface area (Å²) >= 11 is 0. The van der Waals surface area contributed by atoms with Crippen molar-refractivity contribution in [3.8, 4) is 0 Å². The molecule has 15 heavy (non-hydrogen) atoms. The highest BCUT2D eigenvalue weighted by Crippen LogP contribution is 2.10. The van der Waals surface area contributed by atoms with Crippen molar-refractivity contribution in [2.45, 2.75) is 26.9 Å². The third-order valence-electron chi connectivity index (χ3n) is 2.35. The monoisotopic (exact) mass is 214 g/mol. The molecule has 0 heterocycles. The average Bonchev–Trinajstić information content (AvgIpc) is 2.23. The molecule has 0 radical (unpaired) electrons. The Morgan fingerprint density at radius 3 is 2.60 bits per heavy atom. The predicted molar refractivity (Wildman–Crippen MR) is 55.5 cm³/mol. The van der Waals surface area contributed by atoms with Gasteiger partial charge in [0.2, 0.25) is 0 Å². The highest BCUT2D eigenvalue weighted by atomic mass is 19.2. The van der Waals surface area contributed by atoms with Gasteiger partial charge in [-0.15, -0.1) is 0 Å². The van der Waals surface area contributed by atoms with Crippen LogP contribution in [0.25, 0.3) is 0 Å². The van der Waals surface area contributed by atoms with E-state index in [0.29, 0.717) is 24.7 Å². The fourth-order valence-electron chi connectivity index (χ4n) is 1.13. The molecule has 1 aromatic rings. The molecule has 3 heteroatoms. The lowest BCUT2D eigenvalue weighted by molar-refractivity contribution is 0.0908. The van der Waals surface area contributed by atoms with Gasteiger partial charge >= 0.3 is 0 Å². The minimum absolute atomic E-state index is 0.335. The van der Waals surface area contributed by atoms with Gasteiger partial charge in [0, 0.05) is 6.61 Å². The molecule has 0 amide bonds. The van der Waals surface area contributed by atoms with Crippen LogP contribution in [-0.2, 0) is 11.3 Å². The number of rotatable bonds is 5. The van der Waals surface area contributed by atoms with E-state index in [-0.39, 0.29) is 0 Å². The first-order valence-electron chi connectivity index (χ1n) is 5.15. The van der Waals surface area contributed by atoms with Crippen molar-refractivity contribution >= 4 is 0 Å². The molecule has 1 rings (SSSR count). The van der Waals surface area contributed by atoms with Gasteiger partial charge in [-0.2, -0.15) is 0 Å². The molecular formula is C12H16F2O. The smallest absolute Gasteiger partial charge is 0.159 e. The van der Waals surface area contributed by atoms with Crippen molar-refractivity contribution in [1.29, 1.82) is 0 Å². The van der Waals surface area contributed by atoms with Crippen molar-refractivity contribution in [3.63, 3.8) is 0 Å². The van der Waals surface area contributed by atoms with Gasteiger partial charge < -0.3 is 4.74 Å². The van der Waals surface area contributed by atoms with Crippen LogP contribution >= 0.6 is 0 Å². The molecule has 0 N–H and O–H groups in total. The Kier molecular flexibility index (Phi) is 4.69. The second kappa shape index (κ2) is 5.81. The van der Waals surface area contributed by atoms with E-state index in [4.69, 9.17) is 4.74 Å². The molecule has 0 aliphatic heterocycles. The minimum atomic E-state index is -0.820. The van der Waals surface area contributed by atoms with Gasteiger partial charge in [-0.05, 0) is 23.6 Å². The van der Waals surface area contributed by atoms with E-state index in [1.54, 1.807) is 0 Å². The zero-order valence-electron chi connectivity index (χ0n) is 9.09. The zero-order valence-corrected chi connectivity index (χ0v) is 9.09. The van der Waals surface area contributed by atoms with Crippen LogP contribution in [0.2, 0.25) is 0 Å². The largest absolute Gasteiger partial charge is 0.376 e. The number of ether oxygens (including phenoxy) is 1. The van der Waals surface area contributed by atoms with Crippen molar-refractivity contribution < 1.29 is 13.5 Å². The van der Waals surface area contributed by atoms with Crippen LogP contribution in [-0.4, -0.2) is 6.61 Å². The molecule has 0 saturated heterocycles. The lowest BCUT2D eigenvalue weighted by atomic mass is 10.1. The van der Waals surface area contributed by atoms with Crippen LogP contribution in [0.1, 0.15) is 25.8 Å². The van der Waals surface area contributed by atoms with Gasteiger partial charge in [0.25, 0.3) is 0 Å². The third-order valence-corrected chi connectivity index (χ3v) is 2.35. The molecule has 0 saturated carbocycles. The number of benzene rings is 1. The topological polar surface area (TPSA) is 9.23 Å². The van der Waals surface area contributed by atoms with E-state index < -0.39 is 11.6 Å². The summed E-state index contributed by atoms with van der Waals surface area (Å²) in [6.07, 6.45) is 1.05. The van der Waals surface area contributed by atoms with E-state index in [1.165, 1.54) is 12.1 Å². The van der Waals surface area contributed by atoms with Crippen LogP contribution in [0.3, 0.4) is 0 Å². The van der Waals surface area contributed by atoms with E-state index in [0.717, 1.165) is 12.5 Å². The molecule has 84 valence electrons. The van der Waals surface area contributed by atoms with E-state index in [1.807, 2.05) is 0 Å². The molecule has 0 aromatic heterocycles. The summed E-state index contributed by atoms with van der Waals surface area (Å²) in [7, 11) is 0. The summed E-state index contributed by atoms with van der Waals surface area (Å²) in [5.74, 6) is -1.14. The fourth-order valence-corrected chi connectivity index (χ4v) is 1.13. The first kappa shape index (κ1) is 12.1. The highest BCUT2D eigenvalue weighted by molar-refractivity contribution is 5.16. The normalized spacial score (nSPS) is 12.8. The van der Waals surface area contributed by atoms with Crippen LogP contribution in [0, 0.1) is 17.6 Å². The Morgan fingerprint density at radius 2 is 2.00 bits per heavy atom. The molecule has 1 unspecified atom stereocenters. The van der Waals surface area contributed by atoms with Crippen molar-refractivity contribution in [2.24, 2.45) is 5.92 Å². The molecule has 1 aromatic carbocycles. The first-order valence-corrected chi connectivity index (χ1v) is 5.15. The third kappa shape index (κ3) is 3.96. The lowest BCUT2D eigenvalue weighted by Crippen LogP contribution is -2.04. The molecule has 0 spiro atoms. The minimum Gasteiger partial charge on any atom is -0.376 e. The molecule has 0 aliphatic carbocycles. The summed E-state index contributed by atoms with van der Waals surface area (Å²) in [4.78, 5) is 0. The van der Waals surface area contributed by atoms with Gasteiger partial charge in [0.05, 0.1) is 6.61 Å². The fraction of sp³-hybridized carbons (Fsp3) is 0.500. The standard InChI is InChI=1S/C12H16F2O/c1-3-9(2)7-15-8-10-4-5-11(13)12(14)6-10/h4-6,9H,3,7-8H2,1-2H3. The molecule has 0 aliphatic rings. The summed E-state index contributed by atoms with van der Waals surface area (Å²) in [5, 5.41) is 0. The summed E-state index contributed by atoms with van der Waals surface area (Å²) in [6.45, 7) is 5.16. The zero-order chi connectivity index (χ0) is 11.3. The van der Waals surface area contributed by atoms with E-state index in [2.05, 4.69) is 13.8 Å². The Morgan fingerprint density at radius 1 is 1.27 bits per heavy atom. The summed E-state index contributed by atoms with van der Waals surface area (Å²) in [5.41, 5.74) is 0.664. The average molecular weight is 214 g/mol. The predicted octanol–water partition coefficient (Wildman–Crippen LogP) is 3.53. The maximum atomic E-state index is 12.8. The second-order valence-electron chi connectivity index (χ2n) is 3.78. The van der Waals surface area contributed by atoms with Gasteiger partial charge in [-0.3, -0.25) is 0 Å². The van der Waals surface area contributed by atoms with Crippen LogP contribution in [0.4, 0.5) is 8.78 Å². The van der Waals surface area contributed by atoms with Gasteiger partial charge in [0.15, 0.2) is 11.6 Å². The van der Waals surface area contributed by atoms with Gasteiger partial charge in [-0.1, -0.05) is 26.3 Å². The Labute approximate surface area is 89.1 Å². The van der Waals surface area contributed by atoms with Crippen LogP contribution in [0.5, 0.6) is 0 Å². The lowest BCUT2D eigenvalue weighted by Gasteiger charge is -2.09. The maximum absolute atomic E-state index is 12.8. The number of hydrogen-bond donors (Lipinski definition) is 0.